The van der Waals surface area contributed by atoms with E-state index < -0.39 is 0 Å². The minimum atomic E-state index is 0.689. The highest BCUT2D eigenvalue weighted by atomic mass is 79.9. The molecular weight excluding hydrogens is 254 g/mol. The first-order valence-electron chi connectivity index (χ1n) is 5.01. The fraction of sp³-hybridized carbons (Fsp3) is 0.333. The summed E-state index contributed by atoms with van der Waals surface area (Å²) in [6, 6.07) is 6.02. The third kappa shape index (κ3) is 4.06. The normalized spacial score (nSPS) is 10.9. The van der Waals surface area contributed by atoms with Gasteiger partial charge < -0.3 is 10.1 Å². The number of hydrogen-bond donors (Lipinski definition) is 1. The van der Waals surface area contributed by atoms with Gasteiger partial charge in [0.15, 0.2) is 0 Å². The van der Waals surface area contributed by atoms with E-state index in [1.807, 2.05) is 26.1 Å². The Hall–Kier alpha value is -0.800. The summed E-state index contributed by atoms with van der Waals surface area (Å²) < 4.78 is 6.60. The first kappa shape index (κ1) is 12.3. The van der Waals surface area contributed by atoms with E-state index in [9.17, 15) is 0 Å². The first-order valence-corrected chi connectivity index (χ1v) is 5.80. The molecule has 0 radical (unpaired) electrons. The van der Waals surface area contributed by atoms with Gasteiger partial charge in [-0.05, 0) is 32.2 Å². The highest BCUT2D eigenvalue weighted by Gasteiger charge is 2.00. The average molecular weight is 270 g/mol. The van der Waals surface area contributed by atoms with E-state index in [1.54, 1.807) is 0 Å². The lowest BCUT2D eigenvalue weighted by atomic mass is 10.2. The van der Waals surface area contributed by atoms with Crippen molar-refractivity contribution in [2.45, 2.75) is 6.92 Å². The Labute approximate surface area is 99.5 Å². The van der Waals surface area contributed by atoms with Crippen molar-refractivity contribution in [2.75, 3.05) is 20.2 Å². The molecule has 0 aromatic heterocycles. The zero-order chi connectivity index (χ0) is 11.1. The molecule has 1 aromatic rings. The van der Waals surface area contributed by atoms with E-state index in [4.69, 9.17) is 4.74 Å². The average Bonchev–Trinajstić information content (AvgIpc) is 2.22. The first-order chi connectivity index (χ1) is 7.27. The van der Waals surface area contributed by atoms with Crippen LogP contribution in [0.3, 0.4) is 0 Å². The van der Waals surface area contributed by atoms with Gasteiger partial charge in [0.05, 0.1) is 6.61 Å². The summed E-state index contributed by atoms with van der Waals surface area (Å²) >= 11 is 3.45. The molecule has 1 aromatic carbocycles. The second kappa shape index (κ2) is 6.64. The highest BCUT2D eigenvalue weighted by Crippen LogP contribution is 2.24. The number of ether oxygens (including phenoxy) is 1. The molecule has 1 N–H and O–H groups in total. The molecule has 0 heterocycles. The standard InChI is InChI=1S/C12H16BrNO/c1-3-15-12-7-6-11(13)9-10(12)5-4-8-14-2/h4-7,9,14H,3,8H2,1-2H3. The quantitative estimate of drug-likeness (QED) is 0.887. The topological polar surface area (TPSA) is 21.3 Å². The summed E-state index contributed by atoms with van der Waals surface area (Å²) in [5.41, 5.74) is 1.10. The van der Waals surface area contributed by atoms with Crippen LogP contribution in [0.2, 0.25) is 0 Å². The van der Waals surface area contributed by atoms with E-state index in [0.29, 0.717) is 6.61 Å². The molecule has 0 bridgehead atoms. The number of hydrogen-bond acceptors (Lipinski definition) is 2. The molecule has 3 heteroatoms. The van der Waals surface area contributed by atoms with Gasteiger partial charge in [-0.25, -0.2) is 0 Å². The highest BCUT2D eigenvalue weighted by molar-refractivity contribution is 9.10. The van der Waals surface area contributed by atoms with E-state index in [2.05, 4.69) is 39.5 Å². The Morgan fingerprint density at radius 3 is 2.93 bits per heavy atom. The van der Waals surface area contributed by atoms with Crippen LogP contribution in [-0.4, -0.2) is 20.2 Å². The fourth-order valence-electron chi connectivity index (χ4n) is 1.24. The van der Waals surface area contributed by atoms with Crippen molar-refractivity contribution < 1.29 is 4.74 Å². The number of benzene rings is 1. The molecule has 15 heavy (non-hydrogen) atoms. The van der Waals surface area contributed by atoms with E-state index in [1.165, 1.54) is 0 Å². The summed E-state index contributed by atoms with van der Waals surface area (Å²) in [5, 5.41) is 3.06. The molecule has 0 unspecified atom stereocenters. The van der Waals surface area contributed by atoms with E-state index in [0.717, 1.165) is 22.3 Å². The lowest BCUT2D eigenvalue weighted by Crippen LogP contribution is -2.03. The molecular formula is C12H16BrNO. The number of nitrogens with one attached hydrogen (secondary N) is 1. The maximum Gasteiger partial charge on any atom is 0.126 e. The molecule has 2 nitrogen and oxygen atoms in total. The molecule has 1 rings (SSSR count). The number of rotatable bonds is 5. The van der Waals surface area contributed by atoms with Crippen molar-refractivity contribution in [1.29, 1.82) is 0 Å². The van der Waals surface area contributed by atoms with Gasteiger partial charge in [-0.2, -0.15) is 0 Å². The van der Waals surface area contributed by atoms with Crippen LogP contribution in [-0.2, 0) is 0 Å². The van der Waals surface area contributed by atoms with Crippen LogP contribution in [0.1, 0.15) is 12.5 Å². The SMILES string of the molecule is CCOc1ccc(Br)cc1C=CCNC. The summed E-state index contributed by atoms with van der Waals surface area (Å²) in [6.07, 6.45) is 4.14. The largest absolute Gasteiger partial charge is 0.493 e. The molecule has 0 spiro atoms. The Kier molecular flexibility index (Phi) is 5.43. The van der Waals surface area contributed by atoms with E-state index in [-0.39, 0.29) is 0 Å². The molecule has 0 atom stereocenters. The summed E-state index contributed by atoms with van der Waals surface area (Å²) in [7, 11) is 1.93. The number of likely N-dealkylation sites (N-methyl/N-ethyl adjacent to an activating group) is 1. The molecule has 0 saturated carbocycles. The summed E-state index contributed by atoms with van der Waals surface area (Å²) in [5.74, 6) is 0.924. The van der Waals surface area contributed by atoms with E-state index >= 15 is 0 Å². The molecule has 0 saturated heterocycles. The van der Waals surface area contributed by atoms with Crippen LogP contribution in [0.4, 0.5) is 0 Å². The smallest absolute Gasteiger partial charge is 0.126 e. The fourth-order valence-corrected chi connectivity index (χ4v) is 1.62. The molecule has 0 aliphatic heterocycles. The van der Waals surface area contributed by atoms with Crippen molar-refractivity contribution in [1.82, 2.24) is 5.32 Å². The van der Waals surface area contributed by atoms with Crippen molar-refractivity contribution >= 4 is 22.0 Å². The van der Waals surface area contributed by atoms with Gasteiger partial charge in [0, 0.05) is 16.6 Å². The minimum Gasteiger partial charge on any atom is -0.493 e. The molecule has 82 valence electrons. The van der Waals surface area contributed by atoms with Gasteiger partial charge in [-0.3, -0.25) is 0 Å². The second-order valence-corrected chi connectivity index (χ2v) is 3.99. The van der Waals surface area contributed by atoms with Gasteiger partial charge in [-0.15, -0.1) is 0 Å². The monoisotopic (exact) mass is 269 g/mol. The van der Waals surface area contributed by atoms with Crippen LogP contribution in [0.5, 0.6) is 5.75 Å². The Bertz CT molecular complexity index is 336. The summed E-state index contributed by atoms with van der Waals surface area (Å²) in [4.78, 5) is 0. The summed E-state index contributed by atoms with van der Waals surface area (Å²) in [6.45, 7) is 3.54. The Morgan fingerprint density at radius 1 is 1.47 bits per heavy atom. The van der Waals surface area contributed by atoms with Gasteiger partial charge >= 0.3 is 0 Å². The van der Waals surface area contributed by atoms with Crippen molar-refractivity contribution in [3.63, 3.8) is 0 Å². The van der Waals surface area contributed by atoms with Gasteiger partial charge in [-0.1, -0.05) is 28.1 Å². The Morgan fingerprint density at radius 2 is 2.27 bits per heavy atom. The van der Waals surface area contributed by atoms with Gasteiger partial charge in [0.25, 0.3) is 0 Å². The predicted octanol–water partition coefficient (Wildman–Crippen LogP) is 3.08. The van der Waals surface area contributed by atoms with Crippen LogP contribution in [0.25, 0.3) is 6.08 Å². The maximum absolute atomic E-state index is 5.53. The molecule has 0 aliphatic rings. The molecule has 0 aliphatic carbocycles. The zero-order valence-electron chi connectivity index (χ0n) is 9.09. The predicted molar refractivity (Wildman–Crippen MR) is 68.3 cm³/mol. The molecule has 0 fully saturated rings. The maximum atomic E-state index is 5.53. The van der Waals surface area contributed by atoms with Crippen molar-refractivity contribution in [2.24, 2.45) is 0 Å². The second-order valence-electron chi connectivity index (χ2n) is 3.08. The van der Waals surface area contributed by atoms with Crippen molar-refractivity contribution in [3.8, 4) is 5.75 Å². The van der Waals surface area contributed by atoms with Crippen LogP contribution in [0.15, 0.2) is 28.7 Å². The third-order valence-electron chi connectivity index (χ3n) is 1.89. The van der Waals surface area contributed by atoms with Crippen molar-refractivity contribution in [3.05, 3.63) is 34.3 Å². The Balaban J connectivity index is 2.86. The minimum absolute atomic E-state index is 0.689. The van der Waals surface area contributed by atoms with Gasteiger partial charge in [0.2, 0.25) is 0 Å². The molecule has 0 amide bonds. The third-order valence-corrected chi connectivity index (χ3v) is 2.38. The lowest BCUT2D eigenvalue weighted by Gasteiger charge is -2.07. The number of halogens is 1. The van der Waals surface area contributed by atoms with Crippen LogP contribution >= 0.6 is 15.9 Å². The van der Waals surface area contributed by atoms with Crippen LogP contribution in [0, 0.1) is 0 Å². The van der Waals surface area contributed by atoms with Gasteiger partial charge in [0.1, 0.15) is 5.75 Å². The lowest BCUT2D eigenvalue weighted by molar-refractivity contribution is 0.339. The zero-order valence-corrected chi connectivity index (χ0v) is 10.7. The van der Waals surface area contributed by atoms with Crippen LogP contribution < -0.4 is 10.1 Å².